The minimum absolute atomic E-state index is 0.250. The molecule has 0 saturated carbocycles. The number of rotatable bonds is 3. The van der Waals surface area contributed by atoms with Crippen molar-refractivity contribution in [3.63, 3.8) is 0 Å². The van der Waals surface area contributed by atoms with Crippen LogP contribution in [0.25, 0.3) is 10.8 Å². The zero-order chi connectivity index (χ0) is 16.2. The molecule has 1 amide bonds. The molecule has 5 nitrogen and oxygen atoms in total. The number of hydrogen-bond acceptors (Lipinski definition) is 4. The molecule has 0 aliphatic heterocycles. The van der Waals surface area contributed by atoms with Crippen LogP contribution in [-0.4, -0.2) is 21.6 Å². The lowest BCUT2D eigenvalue weighted by molar-refractivity contribution is 0.0949. The molecule has 0 aliphatic carbocycles. The monoisotopic (exact) mass is 304 g/mol. The van der Waals surface area contributed by atoms with Crippen molar-refractivity contribution in [1.29, 1.82) is 0 Å². The number of nitrogens with zero attached hydrogens (tertiary/aromatic N) is 3. The molecular weight excluding hydrogens is 288 g/mol. The Hall–Kier alpha value is -3.08. The Kier molecular flexibility index (Phi) is 4.10. The normalized spacial score (nSPS) is 11.5. The molecule has 1 aromatic heterocycles. The Morgan fingerprint density at radius 2 is 1.87 bits per heavy atom. The van der Waals surface area contributed by atoms with Crippen molar-refractivity contribution in [2.75, 3.05) is 0 Å². The minimum atomic E-state index is -0.374. The van der Waals surface area contributed by atoms with Crippen molar-refractivity contribution in [2.45, 2.75) is 13.8 Å². The van der Waals surface area contributed by atoms with E-state index in [9.17, 15) is 4.79 Å². The molecule has 1 heterocycles. The van der Waals surface area contributed by atoms with E-state index in [0.717, 1.165) is 16.7 Å². The zero-order valence-corrected chi connectivity index (χ0v) is 12.9. The van der Waals surface area contributed by atoms with Crippen LogP contribution in [0.15, 0.2) is 60.0 Å². The van der Waals surface area contributed by atoms with Crippen LogP contribution < -0.4 is 5.43 Å². The molecular formula is C18H16N4O. The molecule has 1 N–H and O–H groups in total. The molecule has 0 aliphatic rings. The van der Waals surface area contributed by atoms with Gasteiger partial charge in [-0.3, -0.25) is 9.78 Å². The first-order chi connectivity index (χ1) is 11.1. The van der Waals surface area contributed by atoms with Crippen molar-refractivity contribution < 1.29 is 4.79 Å². The number of hydrogen-bond donors (Lipinski definition) is 1. The topological polar surface area (TPSA) is 67.2 Å². The van der Waals surface area contributed by atoms with E-state index in [1.165, 1.54) is 11.6 Å². The number of nitrogens with one attached hydrogen (secondary N) is 1. The van der Waals surface area contributed by atoms with Gasteiger partial charge >= 0.3 is 0 Å². The maximum Gasteiger partial charge on any atom is 0.291 e. The average molecular weight is 304 g/mol. The summed E-state index contributed by atoms with van der Waals surface area (Å²) < 4.78 is 0. The summed E-state index contributed by atoms with van der Waals surface area (Å²) in [5, 5.41) is 6.46. The standard InChI is InChI=1S/C18H16N4O/c1-12-10-19-11-17(20-12)18(23)22-21-13(2)15-8-7-14-5-3-4-6-16(14)9-15/h3-11H,1-2H3,(H,22,23). The van der Waals surface area contributed by atoms with Crippen LogP contribution in [0.1, 0.15) is 28.7 Å². The SMILES string of the molecule is CC(=NNC(=O)c1cncc(C)n1)c1ccc2ccccc2c1. The Labute approximate surface area is 134 Å². The molecule has 2 aromatic carbocycles. The van der Waals surface area contributed by atoms with Gasteiger partial charge < -0.3 is 0 Å². The summed E-state index contributed by atoms with van der Waals surface area (Å²) in [6.07, 6.45) is 3.02. The van der Waals surface area contributed by atoms with Gasteiger partial charge in [-0.2, -0.15) is 5.10 Å². The number of aromatic nitrogens is 2. The molecule has 0 unspecified atom stereocenters. The van der Waals surface area contributed by atoms with E-state index >= 15 is 0 Å². The van der Waals surface area contributed by atoms with E-state index < -0.39 is 0 Å². The smallest absolute Gasteiger partial charge is 0.265 e. The maximum atomic E-state index is 12.0. The van der Waals surface area contributed by atoms with Crippen LogP contribution in [0, 0.1) is 6.92 Å². The molecule has 0 spiro atoms. The number of hydrazone groups is 1. The van der Waals surface area contributed by atoms with Gasteiger partial charge in [-0.05, 0) is 36.2 Å². The highest BCUT2D eigenvalue weighted by Crippen LogP contribution is 2.16. The summed E-state index contributed by atoms with van der Waals surface area (Å²) in [5.41, 5.74) is 5.14. The van der Waals surface area contributed by atoms with E-state index in [2.05, 4.69) is 26.6 Å². The fraction of sp³-hybridized carbons (Fsp3) is 0.111. The van der Waals surface area contributed by atoms with E-state index in [4.69, 9.17) is 0 Å². The van der Waals surface area contributed by atoms with Crippen molar-refractivity contribution in [3.8, 4) is 0 Å². The van der Waals surface area contributed by atoms with Gasteiger partial charge in [0.1, 0.15) is 5.69 Å². The lowest BCUT2D eigenvalue weighted by atomic mass is 10.0. The average Bonchev–Trinajstić information content (AvgIpc) is 2.59. The predicted molar refractivity (Wildman–Crippen MR) is 90.4 cm³/mol. The summed E-state index contributed by atoms with van der Waals surface area (Å²) in [5.74, 6) is -0.374. The number of benzene rings is 2. The summed E-state index contributed by atoms with van der Waals surface area (Å²) in [4.78, 5) is 20.1. The van der Waals surface area contributed by atoms with Gasteiger partial charge in [0, 0.05) is 6.20 Å². The van der Waals surface area contributed by atoms with Gasteiger partial charge in [-0.1, -0.05) is 36.4 Å². The van der Waals surface area contributed by atoms with Crippen LogP contribution in [0.5, 0.6) is 0 Å². The van der Waals surface area contributed by atoms with Crippen LogP contribution in [-0.2, 0) is 0 Å². The number of fused-ring (bicyclic) bond motifs is 1. The predicted octanol–water partition coefficient (Wildman–Crippen LogP) is 3.09. The fourth-order valence-electron chi connectivity index (χ4n) is 2.24. The highest BCUT2D eigenvalue weighted by atomic mass is 16.2. The summed E-state index contributed by atoms with van der Waals surface area (Å²) in [6.45, 7) is 3.64. The summed E-state index contributed by atoms with van der Waals surface area (Å²) in [7, 11) is 0. The number of aryl methyl sites for hydroxylation is 1. The van der Waals surface area contributed by atoms with Crippen molar-refractivity contribution in [2.24, 2.45) is 5.10 Å². The van der Waals surface area contributed by atoms with Gasteiger partial charge in [0.25, 0.3) is 5.91 Å². The minimum Gasteiger partial charge on any atom is -0.265 e. The third-order valence-electron chi connectivity index (χ3n) is 3.48. The molecule has 3 rings (SSSR count). The van der Waals surface area contributed by atoms with Gasteiger partial charge in [-0.15, -0.1) is 0 Å². The highest BCUT2D eigenvalue weighted by Gasteiger charge is 2.07. The number of carbonyl (C=O) groups excluding carboxylic acids is 1. The first-order valence-corrected chi connectivity index (χ1v) is 7.26. The summed E-state index contributed by atoms with van der Waals surface area (Å²) in [6, 6.07) is 14.2. The number of carbonyl (C=O) groups is 1. The molecule has 0 radical (unpaired) electrons. The maximum absolute atomic E-state index is 12.0. The Morgan fingerprint density at radius 1 is 1.09 bits per heavy atom. The van der Waals surface area contributed by atoms with Crippen LogP contribution in [0.2, 0.25) is 0 Å². The lowest BCUT2D eigenvalue weighted by Gasteiger charge is -2.05. The van der Waals surface area contributed by atoms with Crippen LogP contribution in [0.3, 0.4) is 0 Å². The highest BCUT2D eigenvalue weighted by molar-refractivity contribution is 6.03. The Morgan fingerprint density at radius 3 is 2.65 bits per heavy atom. The zero-order valence-electron chi connectivity index (χ0n) is 12.9. The summed E-state index contributed by atoms with van der Waals surface area (Å²) >= 11 is 0. The van der Waals surface area contributed by atoms with Crippen LogP contribution in [0.4, 0.5) is 0 Å². The quantitative estimate of drug-likeness (QED) is 0.597. The fourth-order valence-corrected chi connectivity index (χ4v) is 2.24. The first-order valence-electron chi connectivity index (χ1n) is 7.26. The van der Waals surface area contributed by atoms with Crippen LogP contribution >= 0.6 is 0 Å². The Bertz CT molecular complexity index is 902. The molecule has 0 atom stereocenters. The van der Waals surface area contributed by atoms with Crippen molar-refractivity contribution in [1.82, 2.24) is 15.4 Å². The van der Waals surface area contributed by atoms with Crippen molar-refractivity contribution >= 4 is 22.4 Å². The van der Waals surface area contributed by atoms with Gasteiger partial charge in [0.2, 0.25) is 0 Å². The molecule has 0 fully saturated rings. The lowest BCUT2D eigenvalue weighted by Crippen LogP contribution is -2.21. The molecule has 0 saturated heterocycles. The van der Waals surface area contributed by atoms with E-state index in [-0.39, 0.29) is 11.6 Å². The second-order valence-corrected chi connectivity index (χ2v) is 5.25. The largest absolute Gasteiger partial charge is 0.291 e. The van der Waals surface area contributed by atoms with Gasteiger partial charge in [0.15, 0.2) is 0 Å². The van der Waals surface area contributed by atoms with E-state index in [1.54, 1.807) is 13.1 Å². The number of amides is 1. The second kappa shape index (κ2) is 6.36. The third kappa shape index (κ3) is 3.40. The second-order valence-electron chi connectivity index (χ2n) is 5.25. The van der Waals surface area contributed by atoms with E-state index in [1.807, 2.05) is 43.3 Å². The molecule has 0 bridgehead atoms. The van der Waals surface area contributed by atoms with Crippen molar-refractivity contribution in [3.05, 3.63) is 71.8 Å². The van der Waals surface area contributed by atoms with Gasteiger partial charge in [-0.25, -0.2) is 10.4 Å². The molecule has 114 valence electrons. The molecule has 5 heteroatoms. The first kappa shape index (κ1) is 14.8. The third-order valence-corrected chi connectivity index (χ3v) is 3.48. The Balaban J connectivity index is 1.79. The van der Waals surface area contributed by atoms with Gasteiger partial charge in [0.05, 0.1) is 17.6 Å². The van der Waals surface area contributed by atoms with E-state index in [0.29, 0.717) is 5.69 Å². The molecule has 3 aromatic rings. The molecule has 23 heavy (non-hydrogen) atoms.